The third-order valence-electron chi connectivity index (χ3n) is 13.4. The first-order valence-electron chi connectivity index (χ1n) is 14.7. The quantitative estimate of drug-likeness (QED) is 0.496. The van der Waals surface area contributed by atoms with Gasteiger partial charge in [0.15, 0.2) is 5.78 Å². The van der Waals surface area contributed by atoms with E-state index >= 15 is 0 Å². The van der Waals surface area contributed by atoms with E-state index in [0.29, 0.717) is 29.5 Å². The molecule has 36 heavy (non-hydrogen) atoms. The number of carbonyl (C=O) groups excluding carboxylic acids is 1. The van der Waals surface area contributed by atoms with E-state index in [1.54, 1.807) is 0 Å². The van der Waals surface area contributed by atoms with Crippen molar-refractivity contribution in [3.63, 3.8) is 0 Å². The molecule has 1 N–H and O–H groups in total. The lowest BCUT2D eigenvalue weighted by molar-refractivity contribution is -0.176. The number of rotatable bonds is 2. The third kappa shape index (κ3) is 2.81. The minimum Gasteiger partial charge on any atom is -0.361 e. The molecule has 3 saturated carbocycles. The van der Waals surface area contributed by atoms with E-state index in [-0.39, 0.29) is 33.0 Å². The zero-order valence-corrected chi connectivity index (χ0v) is 24.0. The molecule has 6 rings (SSSR count). The Bertz CT molecular complexity index is 1120. The lowest BCUT2D eigenvalue weighted by atomic mass is 9.33. The van der Waals surface area contributed by atoms with Gasteiger partial charge in [0.2, 0.25) is 0 Å². The molecule has 0 amide bonds. The Morgan fingerprint density at radius 2 is 1.81 bits per heavy atom. The molecule has 0 aromatic carbocycles. The number of hydrogen-bond donors (Lipinski definition) is 1. The van der Waals surface area contributed by atoms with Crippen molar-refractivity contribution in [2.45, 2.75) is 98.8 Å². The summed E-state index contributed by atoms with van der Waals surface area (Å²) < 4.78 is 5.83. The normalized spacial score (nSPS) is 49.2. The van der Waals surface area contributed by atoms with Gasteiger partial charge >= 0.3 is 0 Å². The molecular formula is C32H48N2O2. The minimum atomic E-state index is -0.0797. The summed E-state index contributed by atoms with van der Waals surface area (Å²) in [5, 5.41) is 7.79. The number of nitrogens with zero attached hydrogens (tertiary/aromatic N) is 1. The van der Waals surface area contributed by atoms with Gasteiger partial charge in [-0.2, -0.15) is 0 Å². The molecule has 1 aromatic rings. The molecule has 0 spiro atoms. The van der Waals surface area contributed by atoms with Gasteiger partial charge in [-0.25, -0.2) is 0 Å². The average Bonchev–Trinajstić information content (AvgIpc) is 3.28. The zero-order chi connectivity index (χ0) is 25.9. The van der Waals surface area contributed by atoms with Crippen molar-refractivity contribution >= 4 is 5.78 Å². The Labute approximate surface area is 218 Å². The first-order valence-corrected chi connectivity index (χ1v) is 14.7. The van der Waals surface area contributed by atoms with Crippen molar-refractivity contribution in [2.75, 3.05) is 13.6 Å². The highest BCUT2D eigenvalue weighted by Crippen LogP contribution is 2.74. The molecule has 198 valence electrons. The van der Waals surface area contributed by atoms with Gasteiger partial charge in [-0.3, -0.25) is 4.79 Å². The number of nitrogens with one attached hydrogen (secondary N) is 1. The summed E-state index contributed by atoms with van der Waals surface area (Å²) in [7, 11) is 2.11. The van der Waals surface area contributed by atoms with Gasteiger partial charge in [-0.05, 0) is 103 Å². The lowest BCUT2D eigenvalue weighted by Crippen LogP contribution is -2.66. The molecule has 5 aliphatic rings. The number of hydrogen-bond acceptors (Lipinski definition) is 4. The average molecular weight is 493 g/mol. The van der Waals surface area contributed by atoms with Crippen LogP contribution >= 0.6 is 0 Å². The van der Waals surface area contributed by atoms with E-state index in [1.165, 1.54) is 49.7 Å². The summed E-state index contributed by atoms with van der Waals surface area (Å²) >= 11 is 0. The predicted octanol–water partition coefficient (Wildman–Crippen LogP) is 6.74. The Hall–Kier alpha value is -1.42. The summed E-state index contributed by atoms with van der Waals surface area (Å²) in [6.07, 6.45) is 12.4. The van der Waals surface area contributed by atoms with Crippen LogP contribution in [0.2, 0.25) is 0 Å². The van der Waals surface area contributed by atoms with Crippen molar-refractivity contribution in [3.8, 4) is 0 Å². The monoisotopic (exact) mass is 492 g/mol. The summed E-state index contributed by atoms with van der Waals surface area (Å²) in [5.41, 5.74) is 2.89. The molecule has 5 aliphatic carbocycles. The van der Waals surface area contributed by atoms with Crippen molar-refractivity contribution in [1.82, 2.24) is 10.5 Å². The number of fused-ring (bicyclic) bond motifs is 8. The summed E-state index contributed by atoms with van der Waals surface area (Å²) in [6, 6.07) is 0. The van der Waals surface area contributed by atoms with Gasteiger partial charge in [0.1, 0.15) is 5.76 Å². The van der Waals surface area contributed by atoms with Crippen LogP contribution in [0.15, 0.2) is 22.4 Å². The van der Waals surface area contributed by atoms with Crippen molar-refractivity contribution in [1.29, 1.82) is 0 Å². The SMILES string of the molecule is CNC[C@]12CC[C@@H](C)[C@H](C)[C@H]1[C@H]1C(=O)C=C3[C@@]4(C)Cc5cnoc5C(C)(C)[C@@H]4CC[C@@]3(C)[C@]1(C)CC2. The third-order valence-corrected chi connectivity index (χ3v) is 13.4. The largest absolute Gasteiger partial charge is 0.361 e. The molecule has 1 heterocycles. The molecule has 0 aliphatic heterocycles. The van der Waals surface area contributed by atoms with Gasteiger partial charge in [0.05, 0.1) is 6.20 Å². The number of allylic oxidation sites excluding steroid dienone is 2. The Morgan fingerprint density at radius 3 is 2.53 bits per heavy atom. The van der Waals surface area contributed by atoms with Crippen LogP contribution < -0.4 is 5.32 Å². The van der Waals surface area contributed by atoms with E-state index in [9.17, 15) is 4.79 Å². The van der Waals surface area contributed by atoms with Crippen molar-refractivity contribution in [3.05, 3.63) is 29.2 Å². The van der Waals surface area contributed by atoms with Crippen LogP contribution in [0.4, 0.5) is 0 Å². The molecule has 9 atom stereocenters. The molecule has 0 unspecified atom stereocenters. The van der Waals surface area contributed by atoms with E-state index < -0.39 is 0 Å². The van der Waals surface area contributed by atoms with Crippen molar-refractivity contribution in [2.24, 2.45) is 51.2 Å². The number of carbonyl (C=O) groups is 1. The van der Waals surface area contributed by atoms with E-state index in [1.807, 2.05) is 6.20 Å². The molecule has 4 nitrogen and oxygen atoms in total. The van der Waals surface area contributed by atoms with Crippen LogP contribution in [0, 0.1) is 51.2 Å². The van der Waals surface area contributed by atoms with Crippen LogP contribution in [0.3, 0.4) is 0 Å². The maximum absolute atomic E-state index is 14.5. The fourth-order valence-corrected chi connectivity index (χ4v) is 11.3. The number of aromatic nitrogens is 1. The van der Waals surface area contributed by atoms with E-state index in [2.05, 4.69) is 72.1 Å². The smallest absolute Gasteiger partial charge is 0.159 e. The second-order valence-electron chi connectivity index (χ2n) is 15.1. The zero-order valence-electron chi connectivity index (χ0n) is 24.0. The second-order valence-corrected chi connectivity index (χ2v) is 15.1. The van der Waals surface area contributed by atoms with Gasteiger partial charge in [0, 0.05) is 23.4 Å². The van der Waals surface area contributed by atoms with E-state index in [0.717, 1.165) is 18.7 Å². The maximum Gasteiger partial charge on any atom is 0.159 e. The first-order chi connectivity index (χ1) is 16.9. The molecule has 0 radical (unpaired) electrons. The summed E-state index contributed by atoms with van der Waals surface area (Å²) in [4.78, 5) is 14.5. The standard InChI is InChI=1S/C32H48N2O2/c1-19-9-12-32(18-33-8)14-13-31(7)26(25(32)20(19)2)22(35)15-24-29(5)16-21-17-34-36-27(21)28(3,4)23(29)10-11-30(24,31)6/h15,17,19-20,23,25-26,33H,9-14,16,18H2,1-8H3/t19-,20+,23+,25+,26-,29+,30-,31-,32-/m1/s1. The highest BCUT2D eigenvalue weighted by molar-refractivity contribution is 5.95. The van der Waals surface area contributed by atoms with Crippen LogP contribution in [0.25, 0.3) is 0 Å². The van der Waals surface area contributed by atoms with Crippen LogP contribution in [-0.2, 0) is 16.6 Å². The minimum absolute atomic E-state index is 0.00837. The fourth-order valence-electron chi connectivity index (χ4n) is 11.3. The molecule has 4 heteroatoms. The Kier molecular flexibility index (Phi) is 5.24. The Balaban J connectivity index is 1.51. The second kappa shape index (κ2) is 7.58. The topological polar surface area (TPSA) is 55.1 Å². The van der Waals surface area contributed by atoms with Gasteiger partial charge < -0.3 is 9.84 Å². The molecule has 1 aromatic heterocycles. The van der Waals surface area contributed by atoms with Crippen LogP contribution in [-0.4, -0.2) is 24.5 Å². The van der Waals surface area contributed by atoms with Gasteiger partial charge in [0.25, 0.3) is 0 Å². The summed E-state index contributed by atoms with van der Waals surface area (Å²) in [5.74, 6) is 3.83. The highest BCUT2D eigenvalue weighted by atomic mass is 16.5. The number of ketones is 1. The molecule has 3 fully saturated rings. The fraction of sp³-hybridized carbons (Fsp3) is 0.812. The molecule has 0 bridgehead atoms. The molecular weight excluding hydrogens is 444 g/mol. The van der Waals surface area contributed by atoms with Gasteiger partial charge in [-0.1, -0.05) is 59.2 Å². The maximum atomic E-state index is 14.5. The van der Waals surface area contributed by atoms with Crippen LogP contribution in [0.5, 0.6) is 0 Å². The first kappa shape index (κ1) is 24.9. The highest BCUT2D eigenvalue weighted by Gasteiger charge is 2.70. The lowest BCUT2D eigenvalue weighted by Gasteiger charge is -2.70. The van der Waals surface area contributed by atoms with E-state index in [4.69, 9.17) is 4.52 Å². The molecule has 0 saturated heterocycles. The van der Waals surface area contributed by atoms with Gasteiger partial charge in [-0.15, -0.1) is 0 Å². The predicted molar refractivity (Wildman–Crippen MR) is 144 cm³/mol. The summed E-state index contributed by atoms with van der Waals surface area (Å²) in [6.45, 7) is 18.2. The van der Waals surface area contributed by atoms with Crippen molar-refractivity contribution < 1.29 is 9.32 Å². The Morgan fingerprint density at radius 1 is 1.06 bits per heavy atom. The van der Waals surface area contributed by atoms with Crippen LogP contribution in [0.1, 0.15) is 98.3 Å².